The predicted octanol–water partition coefficient (Wildman–Crippen LogP) is 6.19. The average molecular weight is 429 g/mol. The van der Waals surface area contributed by atoms with Gasteiger partial charge in [-0.2, -0.15) is 0 Å². The molecule has 0 radical (unpaired) electrons. The van der Waals surface area contributed by atoms with Gasteiger partial charge in [-0.05, 0) is 23.4 Å². The van der Waals surface area contributed by atoms with E-state index in [1.54, 1.807) is 23.1 Å². The number of aromatic nitrogens is 3. The number of nitrogens with one attached hydrogen (secondary N) is 1. The second-order valence-corrected chi connectivity index (χ2v) is 9.15. The summed E-state index contributed by atoms with van der Waals surface area (Å²) in [6, 6.07) is 27.3. The lowest BCUT2D eigenvalue weighted by Gasteiger charge is -2.08. The van der Waals surface area contributed by atoms with Gasteiger partial charge in [0.15, 0.2) is 4.34 Å². The van der Waals surface area contributed by atoms with E-state index in [4.69, 9.17) is 4.98 Å². The quantitative estimate of drug-likeness (QED) is 0.247. The maximum absolute atomic E-state index is 4.93. The van der Waals surface area contributed by atoms with Gasteiger partial charge in [-0.3, -0.25) is 4.98 Å². The van der Waals surface area contributed by atoms with Crippen LogP contribution in [0.4, 0.5) is 5.13 Å². The van der Waals surface area contributed by atoms with Crippen LogP contribution < -0.4 is 5.32 Å². The molecular weight excluding hydrogens is 408 g/mol. The lowest BCUT2D eigenvalue weighted by Crippen LogP contribution is -2.04. The van der Waals surface area contributed by atoms with Gasteiger partial charge in [0.05, 0.1) is 11.2 Å². The third-order valence-electron chi connectivity index (χ3n) is 4.96. The lowest BCUT2D eigenvalue weighted by atomic mass is 10.0. The molecule has 0 unspecified atom stereocenters. The average Bonchev–Trinajstić information content (AvgIpc) is 3.26. The van der Waals surface area contributed by atoms with E-state index in [0.717, 1.165) is 39.4 Å². The molecule has 0 saturated heterocycles. The zero-order chi connectivity index (χ0) is 20.2. The predicted molar refractivity (Wildman–Crippen MR) is 127 cm³/mol. The Morgan fingerprint density at radius 2 is 1.50 bits per heavy atom. The van der Waals surface area contributed by atoms with Crippen molar-refractivity contribution in [3.63, 3.8) is 0 Å². The first-order valence-electron chi connectivity index (χ1n) is 9.87. The molecule has 6 heteroatoms. The molecule has 148 valence electrons. The summed E-state index contributed by atoms with van der Waals surface area (Å²) in [7, 11) is 0. The summed E-state index contributed by atoms with van der Waals surface area (Å²) in [5, 5.41) is 16.5. The van der Waals surface area contributed by atoms with Gasteiger partial charge in [0.2, 0.25) is 5.13 Å². The van der Waals surface area contributed by atoms with Gasteiger partial charge in [0.25, 0.3) is 0 Å². The van der Waals surface area contributed by atoms with Crippen molar-refractivity contribution in [2.45, 2.75) is 16.5 Å². The van der Waals surface area contributed by atoms with Gasteiger partial charge in [-0.25, -0.2) is 0 Å². The molecule has 4 nitrogen and oxygen atoms in total. The van der Waals surface area contributed by atoms with Crippen LogP contribution >= 0.6 is 23.1 Å². The summed E-state index contributed by atoms with van der Waals surface area (Å²) >= 11 is 3.29. The normalized spacial score (nSPS) is 11.2. The van der Waals surface area contributed by atoms with Gasteiger partial charge in [-0.15, -0.1) is 10.2 Å². The first-order valence-corrected chi connectivity index (χ1v) is 11.7. The van der Waals surface area contributed by atoms with E-state index < -0.39 is 0 Å². The van der Waals surface area contributed by atoms with E-state index >= 15 is 0 Å². The fourth-order valence-corrected chi connectivity index (χ4v) is 5.24. The smallest absolute Gasteiger partial charge is 0.206 e. The number of hydrogen-bond donors (Lipinski definition) is 1. The van der Waals surface area contributed by atoms with Gasteiger partial charge in [-0.1, -0.05) is 95.9 Å². The number of nitrogens with zero attached hydrogens (tertiary/aromatic N) is 3. The molecule has 2 aromatic heterocycles. The van der Waals surface area contributed by atoms with E-state index in [9.17, 15) is 0 Å². The minimum absolute atomic E-state index is 0.768. The molecule has 0 aliphatic heterocycles. The van der Waals surface area contributed by atoms with Crippen LogP contribution in [-0.2, 0) is 12.2 Å². The minimum Gasteiger partial charge on any atom is -0.360 e. The van der Waals surface area contributed by atoms with Crippen molar-refractivity contribution in [3.8, 4) is 0 Å². The Morgan fingerprint density at radius 3 is 2.37 bits per heavy atom. The number of hydrogen-bond acceptors (Lipinski definition) is 6. The largest absolute Gasteiger partial charge is 0.360 e. The van der Waals surface area contributed by atoms with Crippen LogP contribution in [0.5, 0.6) is 0 Å². The first kappa shape index (κ1) is 19.0. The van der Waals surface area contributed by atoms with Crippen LogP contribution in [0, 0.1) is 0 Å². The molecular formula is C24H20N4S2. The SMILES string of the molecule is c1ccc(CCNc2nnc(SCc3nc4ccccc4c4ccccc34)s2)cc1. The monoisotopic (exact) mass is 428 g/mol. The molecule has 1 N–H and O–H groups in total. The summed E-state index contributed by atoms with van der Waals surface area (Å²) in [4.78, 5) is 4.93. The summed E-state index contributed by atoms with van der Waals surface area (Å²) in [6.45, 7) is 0.847. The Balaban J connectivity index is 1.28. The second kappa shape index (κ2) is 8.81. The van der Waals surface area contributed by atoms with Crippen molar-refractivity contribution in [2.75, 3.05) is 11.9 Å². The van der Waals surface area contributed by atoms with E-state index in [2.05, 4.69) is 82.2 Å². The Labute approximate surface area is 183 Å². The molecule has 0 bridgehead atoms. The van der Waals surface area contributed by atoms with Gasteiger partial charge in [0, 0.05) is 23.1 Å². The molecule has 5 aromatic rings. The number of anilines is 1. The molecule has 3 aromatic carbocycles. The zero-order valence-corrected chi connectivity index (χ0v) is 17.9. The molecule has 0 atom stereocenters. The number of thioether (sulfide) groups is 1. The van der Waals surface area contributed by atoms with Crippen LogP contribution in [-0.4, -0.2) is 21.7 Å². The summed E-state index contributed by atoms with van der Waals surface area (Å²) in [6.07, 6.45) is 0.968. The van der Waals surface area contributed by atoms with Gasteiger partial charge < -0.3 is 5.32 Å². The number of para-hydroxylation sites is 1. The third kappa shape index (κ3) is 4.15. The van der Waals surface area contributed by atoms with Crippen molar-refractivity contribution in [1.82, 2.24) is 15.2 Å². The van der Waals surface area contributed by atoms with E-state index in [1.165, 1.54) is 21.7 Å². The molecule has 0 fully saturated rings. The molecule has 30 heavy (non-hydrogen) atoms. The van der Waals surface area contributed by atoms with Crippen LogP contribution in [0.25, 0.3) is 21.7 Å². The summed E-state index contributed by atoms with van der Waals surface area (Å²) in [5.41, 5.74) is 3.44. The van der Waals surface area contributed by atoms with Gasteiger partial charge in [0.1, 0.15) is 0 Å². The fraction of sp³-hybridized carbons (Fsp3) is 0.125. The third-order valence-corrected chi connectivity index (χ3v) is 6.98. The van der Waals surface area contributed by atoms with Crippen molar-refractivity contribution >= 4 is 49.9 Å². The fourth-order valence-electron chi connectivity index (χ4n) is 3.51. The van der Waals surface area contributed by atoms with Crippen molar-refractivity contribution in [1.29, 1.82) is 0 Å². The van der Waals surface area contributed by atoms with Gasteiger partial charge >= 0.3 is 0 Å². The maximum atomic E-state index is 4.93. The molecule has 0 aliphatic rings. The lowest BCUT2D eigenvalue weighted by molar-refractivity contribution is 0.972. The summed E-state index contributed by atoms with van der Waals surface area (Å²) in [5.74, 6) is 0.768. The van der Waals surface area contributed by atoms with E-state index in [0.29, 0.717) is 0 Å². The van der Waals surface area contributed by atoms with Crippen LogP contribution in [0.1, 0.15) is 11.3 Å². The van der Waals surface area contributed by atoms with Crippen LogP contribution in [0.15, 0.2) is 83.2 Å². The van der Waals surface area contributed by atoms with Crippen molar-refractivity contribution in [2.24, 2.45) is 0 Å². The van der Waals surface area contributed by atoms with E-state index in [1.807, 2.05) is 12.1 Å². The Morgan fingerprint density at radius 1 is 0.767 bits per heavy atom. The Bertz CT molecular complexity index is 1280. The summed E-state index contributed by atoms with van der Waals surface area (Å²) < 4.78 is 0.955. The second-order valence-electron chi connectivity index (χ2n) is 6.95. The standard InChI is InChI=1S/C24H20N4S2/c1-2-8-17(9-3-1)14-15-25-23-27-28-24(30-23)29-16-22-20-12-5-4-10-18(20)19-11-6-7-13-21(19)26-22/h1-13H,14-16H2,(H,25,27). The number of benzene rings is 3. The molecule has 0 spiro atoms. The molecule has 2 heterocycles. The highest BCUT2D eigenvalue weighted by Gasteiger charge is 2.10. The minimum atomic E-state index is 0.768. The number of rotatable bonds is 7. The zero-order valence-electron chi connectivity index (χ0n) is 16.3. The molecule has 5 rings (SSSR count). The van der Waals surface area contributed by atoms with Crippen LogP contribution in [0.3, 0.4) is 0 Å². The molecule has 0 saturated carbocycles. The highest BCUT2D eigenvalue weighted by molar-refractivity contribution is 8.00. The topological polar surface area (TPSA) is 50.7 Å². The number of fused-ring (bicyclic) bond motifs is 3. The van der Waals surface area contributed by atoms with Crippen molar-refractivity contribution < 1.29 is 0 Å². The Hall–Kier alpha value is -2.96. The molecule has 0 amide bonds. The first-order chi connectivity index (χ1) is 14.9. The van der Waals surface area contributed by atoms with Crippen LogP contribution in [0.2, 0.25) is 0 Å². The number of pyridine rings is 1. The van der Waals surface area contributed by atoms with E-state index in [-0.39, 0.29) is 0 Å². The Kier molecular flexibility index (Phi) is 5.59. The highest BCUT2D eigenvalue weighted by atomic mass is 32.2. The highest BCUT2D eigenvalue weighted by Crippen LogP contribution is 2.32. The van der Waals surface area contributed by atoms with Crippen molar-refractivity contribution in [3.05, 3.63) is 90.1 Å². The molecule has 0 aliphatic carbocycles. The maximum Gasteiger partial charge on any atom is 0.206 e.